The molecule has 6 rings (SSSR count). The fourth-order valence-electron chi connectivity index (χ4n) is 7.53. The Morgan fingerprint density at radius 2 is 1.92 bits per heavy atom. The van der Waals surface area contributed by atoms with E-state index in [0.29, 0.717) is 43.7 Å². The number of nitrogens with one attached hydrogen (secondary N) is 1. The molecular formula is C29H38N4O3. The van der Waals surface area contributed by atoms with Gasteiger partial charge in [0.1, 0.15) is 6.04 Å². The van der Waals surface area contributed by atoms with Crippen molar-refractivity contribution in [1.82, 2.24) is 20.0 Å². The highest BCUT2D eigenvalue weighted by atomic mass is 16.2. The Morgan fingerprint density at radius 1 is 1.06 bits per heavy atom. The van der Waals surface area contributed by atoms with Crippen LogP contribution in [0, 0.1) is 11.8 Å². The summed E-state index contributed by atoms with van der Waals surface area (Å²) in [5.74, 6) is 1.11. The molecule has 4 heterocycles. The Labute approximate surface area is 213 Å². The summed E-state index contributed by atoms with van der Waals surface area (Å²) < 4.78 is 0. The molecule has 1 aliphatic carbocycles. The zero-order valence-corrected chi connectivity index (χ0v) is 21.1. The Kier molecular flexibility index (Phi) is 6.59. The molecule has 36 heavy (non-hydrogen) atoms. The first-order chi connectivity index (χ1) is 17.6. The van der Waals surface area contributed by atoms with Crippen molar-refractivity contribution in [3.63, 3.8) is 0 Å². The van der Waals surface area contributed by atoms with E-state index in [9.17, 15) is 14.4 Å². The molecule has 0 unspecified atom stereocenters. The number of rotatable bonds is 6. The lowest BCUT2D eigenvalue weighted by Gasteiger charge is -2.54. The first-order valence-corrected chi connectivity index (χ1v) is 14.0. The summed E-state index contributed by atoms with van der Waals surface area (Å²) in [6, 6.07) is 9.86. The average Bonchev–Trinajstić information content (AvgIpc) is 3.18. The highest BCUT2D eigenvalue weighted by Gasteiger charge is 2.47. The Balaban J connectivity index is 1.07. The summed E-state index contributed by atoms with van der Waals surface area (Å²) in [5.41, 5.74) is 2.58. The van der Waals surface area contributed by atoms with Crippen LogP contribution >= 0.6 is 0 Å². The zero-order valence-electron chi connectivity index (χ0n) is 21.1. The van der Waals surface area contributed by atoms with Gasteiger partial charge in [-0.2, -0.15) is 0 Å². The molecule has 4 fully saturated rings. The molecule has 5 atom stereocenters. The first kappa shape index (κ1) is 23.7. The SMILES string of the molecule is O=C1N[C@@H](CCC(=O)N2CCCC3=C[C@H]4C[C@@H](CN5CCCC[C@H]45)[C@H]32)C(=O)N1CCc1ccccc1. The van der Waals surface area contributed by atoms with Crippen LogP contribution in [0.4, 0.5) is 4.79 Å². The van der Waals surface area contributed by atoms with Gasteiger partial charge in [-0.3, -0.25) is 19.4 Å². The molecule has 4 saturated heterocycles. The van der Waals surface area contributed by atoms with Crippen molar-refractivity contribution in [3.8, 4) is 0 Å². The molecule has 0 aromatic heterocycles. The van der Waals surface area contributed by atoms with E-state index in [1.807, 2.05) is 30.3 Å². The predicted molar refractivity (Wildman–Crippen MR) is 137 cm³/mol. The van der Waals surface area contributed by atoms with Crippen LogP contribution in [0.15, 0.2) is 42.0 Å². The van der Waals surface area contributed by atoms with Crippen LogP contribution in [0.5, 0.6) is 0 Å². The molecule has 4 aliphatic heterocycles. The summed E-state index contributed by atoms with van der Waals surface area (Å²) in [6.07, 6.45) is 11.1. The average molecular weight is 491 g/mol. The molecule has 5 aliphatic rings. The van der Waals surface area contributed by atoms with Gasteiger partial charge < -0.3 is 10.2 Å². The van der Waals surface area contributed by atoms with Crippen LogP contribution in [-0.2, 0) is 16.0 Å². The van der Waals surface area contributed by atoms with E-state index >= 15 is 0 Å². The van der Waals surface area contributed by atoms with Crippen molar-refractivity contribution in [2.75, 3.05) is 26.2 Å². The Hall–Kier alpha value is -2.67. The van der Waals surface area contributed by atoms with Gasteiger partial charge in [0.2, 0.25) is 5.91 Å². The minimum atomic E-state index is -0.600. The van der Waals surface area contributed by atoms with Crippen LogP contribution in [0.1, 0.15) is 56.9 Å². The molecule has 1 aromatic rings. The van der Waals surface area contributed by atoms with Gasteiger partial charge >= 0.3 is 6.03 Å². The van der Waals surface area contributed by atoms with Crippen molar-refractivity contribution in [2.45, 2.75) is 75.9 Å². The van der Waals surface area contributed by atoms with Gasteiger partial charge in [0.05, 0.1) is 6.04 Å². The fourth-order valence-corrected chi connectivity index (χ4v) is 7.53. The minimum Gasteiger partial charge on any atom is -0.336 e. The predicted octanol–water partition coefficient (Wildman–Crippen LogP) is 3.35. The summed E-state index contributed by atoms with van der Waals surface area (Å²) in [7, 11) is 0. The number of piperidine rings is 3. The standard InChI is InChI=1S/C29H38N4O3/c34-26(12-11-24-28(35)33(29(36)30-24)16-13-20-7-2-1-3-8-20)32-15-6-9-21-17-22-18-23(27(21)32)19-31-14-5-4-10-25(22)31/h1-3,7-8,17,22-25,27H,4-6,9-16,18-19H2,(H,30,36)/t22-,23-,24-,25+,27-/m0/s1. The summed E-state index contributed by atoms with van der Waals surface area (Å²) >= 11 is 0. The van der Waals surface area contributed by atoms with Gasteiger partial charge in [-0.1, -0.05) is 48.4 Å². The van der Waals surface area contributed by atoms with Gasteiger partial charge in [0.15, 0.2) is 0 Å². The number of carbonyl (C=O) groups excluding carboxylic acids is 3. The first-order valence-electron chi connectivity index (χ1n) is 14.0. The monoisotopic (exact) mass is 490 g/mol. The Bertz CT molecular complexity index is 1040. The van der Waals surface area contributed by atoms with E-state index in [1.165, 1.54) is 42.7 Å². The lowest BCUT2D eigenvalue weighted by molar-refractivity contribution is -0.136. The number of fused-ring (bicyclic) bond motifs is 6. The molecule has 0 radical (unpaired) electrons. The normalized spacial score (nSPS) is 32.0. The third kappa shape index (κ3) is 4.47. The van der Waals surface area contributed by atoms with Crippen molar-refractivity contribution in [3.05, 3.63) is 47.5 Å². The van der Waals surface area contributed by atoms with Gasteiger partial charge in [-0.05, 0) is 68.9 Å². The molecule has 1 N–H and O–H groups in total. The van der Waals surface area contributed by atoms with Crippen molar-refractivity contribution >= 4 is 17.8 Å². The van der Waals surface area contributed by atoms with Crippen LogP contribution in [0.25, 0.3) is 0 Å². The number of likely N-dealkylation sites (tertiary alicyclic amines) is 1. The number of imide groups is 1. The number of hydrogen-bond donors (Lipinski definition) is 1. The van der Waals surface area contributed by atoms with Crippen LogP contribution in [0.3, 0.4) is 0 Å². The molecule has 7 heteroatoms. The number of hydrogen-bond acceptors (Lipinski definition) is 4. The van der Waals surface area contributed by atoms with Crippen LogP contribution < -0.4 is 5.32 Å². The molecule has 1 aromatic carbocycles. The van der Waals surface area contributed by atoms with E-state index in [0.717, 1.165) is 31.5 Å². The second-order valence-corrected chi connectivity index (χ2v) is 11.4. The number of nitrogens with zero attached hydrogens (tertiary/aromatic N) is 3. The minimum absolute atomic E-state index is 0.134. The van der Waals surface area contributed by atoms with E-state index in [2.05, 4.69) is 21.2 Å². The Morgan fingerprint density at radius 3 is 2.78 bits per heavy atom. The topological polar surface area (TPSA) is 73.0 Å². The maximum Gasteiger partial charge on any atom is 0.324 e. The summed E-state index contributed by atoms with van der Waals surface area (Å²) in [5, 5.41) is 2.82. The zero-order chi connectivity index (χ0) is 24.6. The molecule has 2 bridgehead atoms. The van der Waals surface area contributed by atoms with Crippen molar-refractivity contribution < 1.29 is 14.4 Å². The van der Waals surface area contributed by atoms with Gasteiger partial charge in [-0.15, -0.1) is 0 Å². The molecule has 0 saturated carbocycles. The molecule has 4 amide bonds. The molecular weight excluding hydrogens is 452 g/mol. The maximum atomic E-state index is 13.5. The molecule has 0 spiro atoms. The van der Waals surface area contributed by atoms with E-state index in [4.69, 9.17) is 0 Å². The number of carbonyl (C=O) groups is 3. The summed E-state index contributed by atoms with van der Waals surface area (Å²) in [6.45, 7) is 3.48. The van der Waals surface area contributed by atoms with E-state index in [1.54, 1.807) is 0 Å². The number of urea groups is 1. The van der Waals surface area contributed by atoms with Gasteiger partial charge in [0.25, 0.3) is 5.91 Å². The molecule has 7 nitrogen and oxygen atoms in total. The third-order valence-corrected chi connectivity index (χ3v) is 9.20. The van der Waals surface area contributed by atoms with Gasteiger partial charge in [0, 0.05) is 32.1 Å². The highest BCUT2D eigenvalue weighted by Crippen LogP contribution is 2.45. The summed E-state index contributed by atoms with van der Waals surface area (Å²) in [4.78, 5) is 45.0. The molecule has 192 valence electrons. The van der Waals surface area contributed by atoms with Crippen molar-refractivity contribution in [1.29, 1.82) is 0 Å². The van der Waals surface area contributed by atoms with Gasteiger partial charge in [-0.25, -0.2) is 4.79 Å². The van der Waals surface area contributed by atoms with Crippen molar-refractivity contribution in [2.24, 2.45) is 11.8 Å². The van der Waals surface area contributed by atoms with Crippen LogP contribution in [-0.4, -0.2) is 76.8 Å². The number of amides is 4. The third-order valence-electron chi connectivity index (χ3n) is 9.20. The maximum absolute atomic E-state index is 13.5. The van der Waals surface area contributed by atoms with E-state index < -0.39 is 6.04 Å². The second-order valence-electron chi connectivity index (χ2n) is 11.4. The quantitative estimate of drug-likeness (QED) is 0.490. The largest absolute Gasteiger partial charge is 0.336 e. The smallest absolute Gasteiger partial charge is 0.324 e. The number of benzene rings is 1. The fraction of sp³-hybridized carbons (Fsp3) is 0.621. The lowest BCUT2D eigenvalue weighted by atomic mass is 9.68. The van der Waals surface area contributed by atoms with Crippen LogP contribution in [0.2, 0.25) is 0 Å². The van der Waals surface area contributed by atoms with E-state index in [-0.39, 0.29) is 23.9 Å². The highest BCUT2D eigenvalue weighted by molar-refractivity contribution is 6.04. The lowest BCUT2D eigenvalue weighted by Crippen LogP contribution is -2.60. The second kappa shape index (κ2) is 10.0.